The van der Waals surface area contributed by atoms with Gasteiger partial charge in [-0.2, -0.15) is 5.10 Å². The average Bonchev–Trinajstić information content (AvgIpc) is 3.09. The van der Waals surface area contributed by atoms with Crippen LogP contribution >= 0.6 is 0 Å². The summed E-state index contributed by atoms with van der Waals surface area (Å²) in [6, 6.07) is 1.48. The van der Waals surface area contributed by atoms with E-state index in [2.05, 4.69) is 20.4 Å². The van der Waals surface area contributed by atoms with E-state index in [1.807, 2.05) is 26.8 Å². The Hall–Kier alpha value is -3.36. The van der Waals surface area contributed by atoms with Gasteiger partial charge in [-0.3, -0.25) is 14.4 Å². The van der Waals surface area contributed by atoms with Gasteiger partial charge in [0.1, 0.15) is 5.69 Å². The molecule has 0 radical (unpaired) electrons. The van der Waals surface area contributed by atoms with Crippen LogP contribution in [-0.4, -0.2) is 63.7 Å². The lowest BCUT2D eigenvalue weighted by molar-refractivity contribution is -0.120. The molecule has 0 aromatic carbocycles. The molecule has 0 bridgehead atoms. The molecule has 9 nitrogen and oxygen atoms in total. The Kier molecular flexibility index (Phi) is 5.82. The monoisotopic (exact) mass is 410 g/mol. The number of hydrogen-bond donors (Lipinski definition) is 1. The van der Waals surface area contributed by atoms with Crippen LogP contribution in [0.4, 0.5) is 0 Å². The van der Waals surface area contributed by atoms with Crippen LogP contribution in [0.15, 0.2) is 28.9 Å². The number of fused-ring (bicyclic) bond motifs is 1. The van der Waals surface area contributed by atoms with E-state index >= 15 is 0 Å². The first-order valence-corrected chi connectivity index (χ1v) is 9.75. The molecule has 1 unspecified atom stereocenters. The molecule has 3 rings (SSSR count). The van der Waals surface area contributed by atoms with Crippen molar-refractivity contribution in [2.75, 3.05) is 20.6 Å². The first kappa shape index (κ1) is 21.4. The second kappa shape index (κ2) is 8.17. The zero-order valence-electron chi connectivity index (χ0n) is 18.1. The molecular weight excluding hydrogens is 384 g/mol. The van der Waals surface area contributed by atoms with Gasteiger partial charge in [-0.1, -0.05) is 5.57 Å². The number of nitrogens with one attached hydrogen (secondary N) is 1. The summed E-state index contributed by atoms with van der Waals surface area (Å²) >= 11 is 0. The van der Waals surface area contributed by atoms with E-state index in [0.717, 1.165) is 5.57 Å². The number of dihydropyridines is 1. The summed E-state index contributed by atoms with van der Waals surface area (Å²) < 4.78 is 1.67. The highest BCUT2D eigenvalue weighted by molar-refractivity contribution is 6.09. The van der Waals surface area contributed by atoms with E-state index in [4.69, 9.17) is 0 Å². The van der Waals surface area contributed by atoms with Crippen LogP contribution in [0.3, 0.4) is 0 Å². The number of nitrogens with zero attached hydrogens (tertiary/aromatic N) is 5. The molecule has 0 saturated carbocycles. The first-order valence-electron chi connectivity index (χ1n) is 9.75. The molecule has 1 atom stereocenters. The van der Waals surface area contributed by atoms with Crippen molar-refractivity contribution in [3.8, 4) is 0 Å². The van der Waals surface area contributed by atoms with Crippen molar-refractivity contribution < 1.29 is 14.4 Å². The smallest absolute Gasteiger partial charge is 0.272 e. The molecule has 2 aromatic rings. The normalized spacial score (nSPS) is 16.5. The van der Waals surface area contributed by atoms with E-state index in [-0.39, 0.29) is 30.1 Å². The Morgan fingerprint density at radius 3 is 2.57 bits per heavy atom. The average molecular weight is 410 g/mol. The Morgan fingerprint density at radius 1 is 1.27 bits per heavy atom. The highest BCUT2D eigenvalue weighted by Gasteiger charge is 2.26. The van der Waals surface area contributed by atoms with Gasteiger partial charge in [-0.05, 0) is 39.8 Å². The fourth-order valence-electron chi connectivity index (χ4n) is 3.37. The number of aromatic nitrogens is 3. The van der Waals surface area contributed by atoms with Gasteiger partial charge in [0, 0.05) is 32.4 Å². The second-order valence-corrected chi connectivity index (χ2v) is 7.92. The molecule has 1 aliphatic heterocycles. The predicted molar refractivity (Wildman–Crippen MR) is 114 cm³/mol. The summed E-state index contributed by atoms with van der Waals surface area (Å²) in [4.78, 5) is 47.6. The molecule has 1 N–H and O–H groups in total. The number of hydrogen-bond acceptors (Lipinski definition) is 5. The Morgan fingerprint density at radius 2 is 1.97 bits per heavy atom. The van der Waals surface area contributed by atoms with Crippen LogP contribution in [0.25, 0.3) is 11.0 Å². The maximum atomic E-state index is 13.0. The molecule has 3 amide bonds. The number of carbonyl (C=O) groups excluding carboxylic acids is 3. The standard InChI is InChI=1S/C21H26N6O3/c1-11(2)27-18-16(10-23-27)14(8-17(25-18)21(30)26(5)6)19(28)22-9-15-12(3)7-13(4)24-20(15)29/h7-8,10-11,15H,9H2,1-6H3,(H,22,28). The van der Waals surface area contributed by atoms with Gasteiger partial charge in [0.05, 0.1) is 23.1 Å². The van der Waals surface area contributed by atoms with Gasteiger partial charge in [-0.25, -0.2) is 14.7 Å². The van der Waals surface area contributed by atoms with Gasteiger partial charge >= 0.3 is 0 Å². The number of carbonyl (C=O) groups is 3. The predicted octanol–water partition coefficient (Wildman–Crippen LogP) is 2.01. The number of allylic oxidation sites excluding steroid dienone is 1. The van der Waals surface area contributed by atoms with Crippen molar-refractivity contribution in [3.05, 3.63) is 35.2 Å². The van der Waals surface area contributed by atoms with Crippen molar-refractivity contribution in [2.24, 2.45) is 10.9 Å². The number of aliphatic imine (C=N–C) groups is 1. The summed E-state index contributed by atoms with van der Waals surface area (Å²) in [5.74, 6) is -1.49. The molecule has 0 saturated heterocycles. The van der Waals surface area contributed by atoms with E-state index in [9.17, 15) is 14.4 Å². The Bertz CT molecular complexity index is 1090. The molecule has 0 spiro atoms. The zero-order chi connectivity index (χ0) is 22.2. The molecule has 9 heteroatoms. The highest BCUT2D eigenvalue weighted by atomic mass is 16.2. The van der Waals surface area contributed by atoms with Crippen LogP contribution in [0.2, 0.25) is 0 Å². The quantitative estimate of drug-likeness (QED) is 0.811. The van der Waals surface area contributed by atoms with Crippen molar-refractivity contribution in [1.29, 1.82) is 0 Å². The maximum Gasteiger partial charge on any atom is 0.272 e. The summed E-state index contributed by atoms with van der Waals surface area (Å²) in [5, 5.41) is 7.69. The van der Waals surface area contributed by atoms with Crippen LogP contribution in [0.5, 0.6) is 0 Å². The van der Waals surface area contributed by atoms with Gasteiger partial charge in [0.2, 0.25) is 0 Å². The lowest BCUT2D eigenvalue weighted by Gasteiger charge is -2.19. The summed E-state index contributed by atoms with van der Waals surface area (Å²) in [6.07, 6.45) is 3.41. The van der Waals surface area contributed by atoms with Crippen molar-refractivity contribution in [2.45, 2.75) is 33.7 Å². The highest BCUT2D eigenvalue weighted by Crippen LogP contribution is 2.22. The molecule has 0 aliphatic carbocycles. The minimum absolute atomic E-state index is 0.00404. The van der Waals surface area contributed by atoms with E-state index < -0.39 is 11.8 Å². The third-order valence-electron chi connectivity index (χ3n) is 4.96. The minimum atomic E-state index is -0.503. The van der Waals surface area contributed by atoms with E-state index in [1.165, 1.54) is 11.0 Å². The Balaban J connectivity index is 1.96. The third kappa shape index (κ3) is 4.00. The zero-order valence-corrected chi connectivity index (χ0v) is 18.1. The molecule has 158 valence electrons. The van der Waals surface area contributed by atoms with E-state index in [0.29, 0.717) is 22.3 Å². The van der Waals surface area contributed by atoms with Crippen molar-refractivity contribution in [1.82, 2.24) is 25.0 Å². The largest absolute Gasteiger partial charge is 0.351 e. The summed E-state index contributed by atoms with van der Waals surface area (Å²) in [7, 11) is 3.25. The van der Waals surface area contributed by atoms with Crippen LogP contribution in [-0.2, 0) is 4.79 Å². The second-order valence-electron chi connectivity index (χ2n) is 7.92. The van der Waals surface area contributed by atoms with Gasteiger partial charge in [-0.15, -0.1) is 0 Å². The number of amides is 3. The maximum absolute atomic E-state index is 13.0. The molecular formula is C21H26N6O3. The fraction of sp³-hybridized carbons (Fsp3) is 0.429. The van der Waals surface area contributed by atoms with Gasteiger partial charge < -0.3 is 10.2 Å². The van der Waals surface area contributed by atoms with Crippen molar-refractivity contribution in [3.63, 3.8) is 0 Å². The van der Waals surface area contributed by atoms with Gasteiger partial charge in [0.25, 0.3) is 17.7 Å². The molecule has 30 heavy (non-hydrogen) atoms. The topological polar surface area (TPSA) is 110 Å². The molecule has 1 aliphatic rings. The van der Waals surface area contributed by atoms with Gasteiger partial charge in [0.15, 0.2) is 5.65 Å². The Labute approximate surface area is 174 Å². The van der Waals surface area contributed by atoms with Crippen molar-refractivity contribution >= 4 is 34.5 Å². The molecule has 0 fully saturated rings. The summed E-state index contributed by atoms with van der Waals surface area (Å²) in [6.45, 7) is 7.62. The number of rotatable bonds is 5. The third-order valence-corrected chi connectivity index (χ3v) is 4.96. The van der Waals surface area contributed by atoms with Crippen LogP contribution in [0, 0.1) is 5.92 Å². The van der Waals surface area contributed by atoms with E-state index in [1.54, 1.807) is 31.9 Å². The fourth-order valence-corrected chi connectivity index (χ4v) is 3.37. The van der Waals surface area contributed by atoms with Crippen LogP contribution < -0.4 is 5.32 Å². The first-order chi connectivity index (χ1) is 14.1. The number of pyridine rings is 1. The lowest BCUT2D eigenvalue weighted by Crippen LogP contribution is -2.35. The summed E-state index contributed by atoms with van der Waals surface area (Å²) in [5.41, 5.74) is 2.42. The molecule has 2 aromatic heterocycles. The molecule has 3 heterocycles. The SMILES string of the molecule is CC1=CC(C)=NC(=O)C1CNC(=O)c1cc(C(=O)N(C)C)nc2c1cnn2C(C)C. The minimum Gasteiger partial charge on any atom is -0.351 e. The lowest BCUT2D eigenvalue weighted by atomic mass is 9.95. The van der Waals surface area contributed by atoms with Crippen LogP contribution in [0.1, 0.15) is 54.6 Å².